The molecule has 132 valence electrons. The van der Waals surface area contributed by atoms with Crippen molar-refractivity contribution < 1.29 is 9.59 Å². The number of likely N-dealkylation sites (N-methyl/N-ethyl adjacent to an activating group) is 1. The molecule has 0 saturated heterocycles. The fourth-order valence-corrected chi connectivity index (χ4v) is 2.93. The highest BCUT2D eigenvalue weighted by Gasteiger charge is 2.37. The van der Waals surface area contributed by atoms with Gasteiger partial charge in [0, 0.05) is 12.1 Å². The van der Waals surface area contributed by atoms with Gasteiger partial charge < -0.3 is 21.3 Å². The number of amides is 2. The number of nitrogens with two attached hydrogens (primary N) is 1. The fraction of sp³-hybridized carbons (Fsp3) is 0.857. The maximum atomic E-state index is 11.8. The van der Waals surface area contributed by atoms with Crippen LogP contribution in [0.5, 0.6) is 0 Å². The van der Waals surface area contributed by atoms with Crippen LogP contribution in [-0.2, 0) is 9.59 Å². The van der Waals surface area contributed by atoms with E-state index in [1.165, 1.54) is 12.8 Å². The molecular weight excluding hydrogens is 327 g/mol. The highest BCUT2D eigenvalue weighted by Crippen LogP contribution is 2.35. The summed E-state index contributed by atoms with van der Waals surface area (Å²) in [5, 5.41) is 5.42. The third-order valence-electron chi connectivity index (χ3n) is 4.26. The molecule has 0 spiro atoms. The molecule has 22 heavy (non-hydrogen) atoms. The SMILES string of the molecule is CC1CCCC(CNC(=O)CNC(=O)CN)(N(C)C)C1.Cl.Cl. The lowest BCUT2D eigenvalue weighted by molar-refractivity contribution is -0.125. The Morgan fingerprint density at radius 3 is 2.36 bits per heavy atom. The zero-order valence-electron chi connectivity index (χ0n) is 13.7. The van der Waals surface area contributed by atoms with Crippen LogP contribution < -0.4 is 16.4 Å². The van der Waals surface area contributed by atoms with Gasteiger partial charge in [-0.15, -0.1) is 24.8 Å². The number of carbonyl (C=O) groups excluding carboxylic acids is 2. The molecule has 0 radical (unpaired) electrons. The van der Waals surface area contributed by atoms with Crippen molar-refractivity contribution >= 4 is 36.6 Å². The van der Waals surface area contributed by atoms with E-state index in [1.807, 2.05) is 0 Å². The number of carbonyl (C=O) groups is 2. The summed E-state index contributed by atoms with van der Waals surface area (Å²) in [6.07, 6.45) is 4.64. The van der Waals surface area contributed by atoms with Crippen LogP contribution in [0.25, 0.3) is 0 Å². The summed E-state index contributed by atoms with van der Waals surface area (Å²) in [5.74, 6) is 0.208. The molecule has 0 heterocycles. The molecule has 4 N–H and O–H groups in total. The topological polar surface area (TPSA) is 87.5 Å². The summed E-state index contributed by atoms with van der Waals surface area (Å²) in [5.41, 5.74) is 5.21. The van der Waals surface area contributed by atoms with Crippen LogP contribution in [-0.4, -0.2) is 56.0 Å². The number of nitrogens with one attached hydrogen (secondary N) is 2. The van der Waals surface area contributed by atoms with Gasteiger partial charge in [0.25, 0.3) is 0 Å². The molecule has 0 aromatic rings. The second kappa shape index (κ2) is 11.0. The van der Waals surface area contributed by atoms with Crippen molar-refractivity contribution in [2.45, 2.75) is 38.1 Å². The summed E-state index contributed by atoms with van der Waals surface area (Å²) >= 11 is 0. The zero-order valence-corrected chi connectivity index (χ0v) is 15.3. The Hall–Kier alpha value is -0.560. The molecule has 6 nitrogen and oxygen atoms in total. The van der Waals surface area contributed by atoms with Gasteiger partial charge in [0.05, 0.1) is 13.1 Å². The molecule has 2 unspecified atom stereocenters. The number of rotatable bonds is 6. The summed E-state index contributed by atoms with van der Waals surface area (Å²) in [7, 11) is 4.14. The minimum atomic E-state index is -0.311. The van der Waals surface area contributed by atoms with Crippen LogP contribution in [0.15, 0.2) is 0 Å². The van der Waals surface area contributed by atoms with Gasteiger partial charge in [-0.05, 0) is 32.9 Å². The number of hydrogen-bond donors (Lipinski definition) is 3. The van der Waals surface area contributed by atoms with Crippen molar-refractivity contribution in [2.24, 2.45) is 11.7 Å². The third kappa shape index (κ3) is 7.13. The van der Waals surface area contributed by atoms with E-state index in [9.17, 15) is 9.59 Å². The van der Waals surface area contributed by atoms with Gasteiger partial charge in [-0.1, -0.05) is 19.8 Å². The molecule has 1 fully saturated rings. The van der Waals surface area contributed by atoms with E-state index < -0.39 is 0 Å². The van der Waals surface area contributed by atoms with Crippen molar-refractivity contribution in [2.75, 3.05) is 33.7 Å². The molecule has 1 saturated carbocycles. The lowest BCUT2D eigenvalue weighted by Crippen LogP contribution is -2.56. The zero-order chi connectivity index (χ0) is 15.2. The van der Waals surface area contributed by atoms with Gasteiger partial charge in [-0.3, -0.25) is 9.59 Å². The minimum Gasteiger partial charge on any atom is -0.353 e. The van der Waals surface area contributed by atoms with Crippen molar-refractivity contribution in [3.63, 3.8) is 0 Å². The van der Waals surface area contributed by atoms with E-state index in [2.05, 4.69) is 36.6 Å². The smallest absolute Gasteiger partial charge is 0.239 e. The lowest BCUT2D eigenvalue weighted by Gasteiger charge is -2.45. The Kier molecular flexibility index (Phi) is 11.9. The van der Waals surface area contributed by atoms with Gasteiger partial charge in [0.1, 0.15) is 0 Å². The first-order valence-electron chi connectivity index (χ1n) is 7.30. The third-order valence-corrected chi connectivity index (χ3v) is 4.26. The lowest BCUT2D eigenvalue weighted by atomic mass is 9.75. The van der Waals surface area contributed by atoms with E-state index in [-0.39, 0.29) is 55.3 Å². The van der Waals surface area contributed by atoms with Crippen molar-refractivity contribution in [1.82, 2.24) is 15.5 Å². The fourth-order valence-electron chi connectivity index (χ4n) is 2.93. The van der Waals surface area contributed by atoms with Crippen LogP contribution in [0.3, 0.4) is 0 Å². The number of hydrogen-bond acceptors (Lipinski definition) is 4. The molecule has 2 atom stereocenters. The molecule has 0 aliphatic heterocycles. The standard InChI is InChI=1S/C14H28N4O2.2ClH/c1-11-5-4-6-14(7-11,18(2)3)10-17-13(20)9-16-12(19)8-15;;/h11H,4-10,15H2,1-3H3,(H,16,19)(H,17,20);2*1H. The molecule has 1 aliphatic rings. The quantitative estimate of drug-likeness (QED) is 0.647. The first kappa shape index (κ1) is 23.7. The summed E-state index contributed by atoms with van der Waals surface area (Å²) in [6.45, 7) is 2.80. The summed E-state index contributed by atoms with van der Waals surface area (Å²) in [4.78, 5) is 25.0. The van der Waals surface area contributed by atoms with E-state index >= 15 is 0 Å². The number of halogens is 2. The predicted molar refractivity (Wildman–Crippen MR) is 93.6 cm³/mol. The molecular formula is C14H30Cl2N4O2. The minimum absolute atomic E-state index is 0. The second-order valence-electron chi connectivity index (χ2n) is 6.08. The van der Waals surface area contributed by atoms with Crippen LogP contribution in [0.4, 0.5) is 0 Å². The Bertz CT molecular complexity index is 356. The number of nitrogens with zero attached hydrogens (tertiary/aromatic N) is 1. The van der Waals surface area contributed by atoms with Gasteiger partial charge in [0.15, 0.2) is 0 Å². The maximum Gasteiger partial charge on any atom is 0.239 e. The molecule has 2 amide bonds. The first-order valence-corrected chi connectivity index (χ1v) is 7.30. The average Bonchev–Trinajstić information content (AvgIpc) is 2.42. The Morgan fingerprint density at radius 1 is 1.23 bits per heavy atom. The predicted octanol–water partition coefficient (Wildman–Crippen LogP) is 0.532. The molecule has 1 aliphatic carbocycles. The second-order valence-corrected chi connectivity index (χ2v) is 6.08. The monoisotopic (exact) mass is 356 g/mol. The average molecular weight is 357 g/mol. The normalized spacial score (nSPS) is 24.0. The molecule has 1 rings (SSSR count). The Labute approximate surface area is 145 Å². The van der Waals surface area contributed by atoms with Crippen molar-refractivity contribution in [3.8, 4) is 0 Å². The molecule has 0 aromatic carbocycles. The van der Waals surface area contributed by atoms with Crippen LogP contribution in [0.2, 0.25) is 0 Å². The van der Waals surface area contributed by atoms with E-state index in [0.29, 0.717) is 12.5 Å². The van der Waals surface area contributed by atoms with Gasteiger partial charge in [-0.25, -0.2) is 0 Å². The van der Waals surface area contributed by atoms with E-state index in [4.69, 9.17) is 5.73 Å². The largest absolute Gasteiger partial charge is 0.353 e. The van der Waals surface area contributed by atoms with Crippen LogP contribution in [0, 0.1) is 5.92 Å². The Morgan fingerprint density at radius 2 is 1.86 bits per heavy atom. The van der Waals surface area contributed by atoms with Crippen molar-refractivity contribution in [3.05, 3.63) is 0 Å². The highest BCUT2D eigenvalue weighted by atomic mass is 35.5. The maximum absolute atomic E-state index is 11.8. The molecule has 0 bridgehead atoms. The van der Waals surface area contributed by atoms with E-state index in [1.54, 1.807) is 0 Å². The molecule has 8 heteroatoms. The molecule has 0 aromatic heterocycles. The van der Waals surface area contributed by atoms with Crippen LogP contribution in [0.1, 0.15) is 32.6 Å². The van der Waals surface area contributed by atoms with E-state index in [0.717, 1.165) is 12.8 Å². The van der Waals surface area contributed by atoms with Gasteiger partial charge >= 0.3 is 0 Å². The van der Waals surface area contributed by atoms with Gasteiger partial charge in [0.2, 0.25) is 11.8 Å². The highest BCUT2D eigenvalue weighted by molar-refractivity contribution is 5.86. The van der Waals surface area contributed by atoms with Crippen LogP contribution >= 0.6 is 24.8 Å². The summed E-state index contributed by atoms with van der Waals surface area (Å²) in [6, 6.07) is 0. The first-order chi connectivity index (χ1) is 9.39. The van der Waals surface area contributed by atoms with Crippen molar-refractivity contribution in [1.29, 1.82) is 0 Å². The van der Waals surface area contributed by atoms with Gasteiger partial charge in [-0.2, -0.15) is 0 Å². The Balaban J connectivity index is 0. The summed E-state index contributed by atoms with van der Waals surface area (Å²) < 4.78 is 0.